The zero-order chi connectivity index (χ0) is 11.5. The van der Waals surface area contributed by atoms with Crippen LogP contribution in [0, 0.1) is 11.3 Å². The van der Waals surface area contributed by atoms with Crippen molar-refractivity contribution in [2.75, 3.05) is 0 Å². The molecule has 1 aromatic carbocycles. The van der Waals surface area contributed by atoms with E-state index in [0.717, 1.165) is 0 Å². The number of rotatable bonds is 1. The summed E-state index contributed by atoms with van der Waals surface area (Å²) in [4.78, 5) is 0. The van der Waals surface area contributed by atoms with Crippen LogP contribution in [0.4, 0.5) is 13.2 Å². The smallest absolute Gasteiger partial charge is 0.192 e. The minimum absolute atomic E-state index is 0.0101. The number of hydrogen-bond donors (Lipinski definition) is 0. The fraction of sp³-hybridized carbons (Fsp3) is 0.100. The average Bonchev–Trinajstić information content (AvgIpc) is 2.17. The van der Waals surface area contributed by atoms with Crippen molar-refractivity contribution >= 4 is 28.2 Å². The SMILES string of the molecule is N#C/C(I)=C(/c1ccccc1)C(F)(F)F. The van der Waals surface area contributed by atoms with Gasteiger partial charge in [0.15, 0.2) is 0 Å². The molecule has 0 aliphatic rings. The van der Waals surface area contributed by atoms with Crippen molar-refractivity contribution in [2.45, 2.75) is 6.18 Å². The maximum Gasteiger partial charge on any atom is 0.418 e. The van der Waals surface area contributed by atoms with E-state index in [2.05, 4.69) is 0 Å². The molecule has 0 spiro atoms. The Morgan fingerprint density at radius 3 is 2.13 bits per heavy atom. The lowest BCUT2D eigenvalue weighted by atomic mass is 10.1. The van der Waals surface area contributed by atoms with E-state index in [0.29, 0.717) is 0 Å². The van der Waals surface area contributed by atoms with Crippen LogP contribution in [0.5, 0.6) is 0 Å². The number of nitrogens with zero attached hydrogens (tertiary/aromatic N) is 1. The molecule has 1 aromatic rings. The van der Waals surface area contributed by atoms with E-state index >= 15 is 0 Å². The second kappa shape index (κ2) is 4.66. The topological polar surface area (TPSA) is 23.8 Å². The molecule has 0 bridgehead atoms. The van der Waals surface area contributed by atoms with Crippen LogP contribution < -0.4 is 0 Å². The van der Waals surface area contributed by atoms with Gasteiger partial charge in [-0.15, -0.1) is 0 Å². The van der Waals surface area contributed by atoms with Crippen LogP contribution in [0.1, 0.15) is 5.56 Å². The van der Waals surface area contributed by atoms with Crippen LogP contribution in [0.3, 0.4) is 0 Å². The average molecular weight is 323 g/mol. The number of halogens is 4. The maximum atomic E-state index is 12.6. The number of nitriles is 1. The Morgan fingerprint density at radius 1 is 1.20 bits per heavy atom. The zero-order valence-corrected chi connectivity index (χ0v) is 9.50. The van der Waals surface area contributed by atoms with E-state index in [1.165, 1.54) is 52.9 Å². The standard InChI is InChI=1S/C10H5F3IN/c11-10(12,13)9(8(14)6-15)7-4-2-1-3-5-7/h1-5H/b9-8+. The van der Waals surface area contributed by atoms with Crippen molar-refractivity contribution in [2.24, 2.45) is 0 Å². The Hall–Kier alpha value is -1.03. The van der Waals surface area contributed by atoms with E-state index in [-0.39, 0.29) is 9.14 Å². The van der Waals surface area contributed by atoms with Gasteiger partial charge in [-0.3, -0.25) is 0 Å². The largest absolute Gasteiger partial charge is 0.418 e. The van der Waals surface area contributed by atoms with Gasteiger partial charge in [0, 0.05) is 0 Å². The van der Waals surface area contributed by atoms with Crippen LogP contribution in [0.15, 0.2) is 33.9 Å². The van der Waals surface area contributed by atoms with Gasteiger partial charge in [0.2, 0.25) is 0 Å². The third-order valence-corrected chi connectivity index (χ3v) is 2.44. The Labute approximate surface area is 98.4 Å². The summed E-state index contributed by atoms with van der Waals surface area (Å²) in [6, 6.07) is 8.81. The maximum absolute atomic E-state index is 12.6. The van der Waals surface area contributed by atoms with Gasteiger partial charge < -0.3 is 0 Å². The predicted molar refractivity (Wildman–Crippen MR) is 59.1 cm³/mol. The van der Waals surface area contributed by atoms with Crippen molar-refractivity contribution in [1.29, 1.82) is 5.26 Å². The van der Waals surface area contributed by atoms with E-state index < -0.39 is 11.7 Å². The highest BCUT2D eigenvalue weighted by Crippen LogP contribution is 2.37. The molecule has 0 saturated heterocycles. The number of benzene rings is 1. The monoisotopic (exact) mass is 323 g/mol. The third-order valence-electron chi connectivity index (χ3n) is 1.66. The molecular formula is C10H5F3IN. The van der Waals surface area contributed by atoms with Gasteiger partial charge in [0.25, 0.3) is 0 Å². The summed E-state index contributed by atoms with van der Waals surface area (Å²) < 4.78 is 37.5. The van der Waals surface area contributed by atoms with Gasteiger partial charge >= 0.3 is 6.18 Å². The predicted octanol–water partition coefficient (Wildman–Crippen LogP) is 3.92. The summed E-state index contributed by atoms with van der Waals surface area (Å²) in [5.41, 5.74) is -0.873. The second-order valence-corrected chi connectivity index (χ2v) is 3.74. The molecule has 0 amide bonds. The summed E-state index contributed by atoms with van der Waals surface area (Å²) in [6.07, 6.45) is -4.51. The minimum atomic E-state index is -4.51. The van der Waals surface area contributed by atoms with Gasteiger partial charge in [-0.2, -0.15) is 18.4 Å². The summed E-state index contributed by atoms with van der Waals surface area (Å²) in [6.45, 7) is 0. The van der Waals surface area contributed by atoms with E-state index in [1.807, 2.05) is 0 Å². The van der Waals surface area contributed by atoms with Crippen LogP contribution in [-0.2, 0) is 0 Å². The highest BCUT2D eigenvalue weighted by molar-refractivity contribution is 14.1. The molecule has 5 heteroatoms. The first kappa shape index (κ1) is 12.0. The zero-order valence-electron chi connectivity index (χ0n) is 7.35. The molecule has 78 valence electrons. The van der Waals surface area contributed by atoms with Crippen LogP contribution in [0.25, 0.3) is 5.57 Å². The summed E-state index contributed by atoms with van der Waals surface area (Å²) in [7, 11) is 0. The second-order valence-electron chi connectivity index (χ2n) is 2.66. The molecular weight excluding hydrogens is 318 g/mol. The van der Waals surface area contributed by atoms with Crippen LogP contribution in [-0.4, -0.2) is 6.18 Å². The first-order valence-corrected chi connectivity index (χ1v) is 4.97. The molecule has 0 N–H and O–H groups in total. The van der Waals surface area contributed by atoms with Gasteiger partial charge in [-0.25, -0.2) is 0 Å². The molecule has 0 saturated carbocycles. The number of allylic oxidation sites excluding steroid dienone is 2. The molecule has 0 heterocycles. The molecule has 0 fully saturated rings. The normalized spacial score (nSPS) is 13.0. The van der Waals surface area contributed by atoms with Crippen molar-refractivity contribution in [3.63, 3.8) is 0 Å². The Balaban J connectivity index is 3.35. The number of alkyl halides is 3. The van der Waals surface area contributed by atoms with E-state index in [1.54, 1.807) is 6.07 Å². The molecule has 0 aromatic heterocycles. The fourth-order valence-electron chi connectivity index (χ4n) is 1.08. The minimum Gasteiger partial charge on any atom is -0.192 e. The van der Waals surface area contributed by atoms with Gasteiger partial charge in [0.1, 0.15) is 9.65 Å². The van der Waals surface area contributed by atoms with E-state index in [4.69, 9.17) is 5.26 Å². The van der Waals surface area contributed by atoms with E-state index in [9.17, 15) is 13.2 Å². The summed E-state index contributed by atoms with van der Waals surface area (Å²) in [5, 5.41) is 8.51. The van der Waals surface area contributed by atoms with Crippen molar-refractivity contribution in [1.82, 2.24) is 0 Å². The van der Waals surface area contributed by atoms with Gasteiger partial charge in [-0.05, 0) is 28.2 Å². The molecule has 1 nitrogen and oxygen atoms in total. The van der Waals surface area contributed by atoms with Crippen LogP contribution in [0.2, 0.25) is 0 Å². The Kier molecular flexibility index (Phi) is 3.74. The molecule has 0 aliphatic heterocycles. The Bertz CT molecular complexity index is 415. The molecule has 1 rings (SSSR count). The molecule has 0 unspecified atom stereocenters. The molecule has 15 heavy (non-hydrogen) atoms. The van der Waals surface area contributed by atoms with Crippen molar-refractivity contribution < 1.29 is 13.2 Å². The van der Waals surface area contributed by atoms with Gasteiger partial charge in [-0.1, -0.05) is 30.3 Å². The number of hydrogen-bond acceptors (Lipinski definition) is 1. The Morgan fingerprint density at radius 2 is 1.73 bits per heavy atom. The lowest BCUT2D eigenvalue weighted by molar-refractivity contribution is -0.0689. The molecule has 0 atom stereocenters. The lowest BCUT2D eigenvalue weighted by Gasteiger charge is -2.11. The molecule has 0 radical (unpaired) electrons. The first-order chi connectivity index (χ1) is 6.96. The fourth-order valence-corrected chi connectivity index (χ4v) is 1.69. The lowest BCUT2D eigenvalue weighted by Crippen LogP contribution is -2.11. The first-order valence-electron chi connectivity index (χ1n) is 3.89. The third kappa shape index (κ3) is 2.96. The quantitative estimate of drug-likeness (QED) is 0.568. The summed E-state index contributed by atoms with van der Waals surface area (Å²) in [5.74, 6) is 0. The highest BCUT2D eigenvalue weighted by atomic mass is 127. The highest BCUT2D eigenvalue weighted by Gasteiger charge is 2.37. The van der Waals surface area contributed by atoms with Crippen molar-refractivity contribution in [3.8, 4) is 6.07 Å². The van der Waals surface area contributed by atoms with Crippen LogP contribution >= 0.6 is 22.6 Å². The molecule has 0 aliphatic carbocycles. The van der Waals surface area contributed by atoms with Crippen molar-refractivity contribution in [3.05, 3.63) is 39.5 Å². The summed E-state index contributed by atoms with van der Waals surface area (Å²) >= 11 is 1.39. The van der Waals surface area contributed by atoms with Gasteiger partial charge in [0.05, 0.1) is 5.57 Å².